The van der Waals surface area contributed by atoms with Crippen LogP contribution in [0.1, 0.15) is 29.7 Å². The highest BCUT2D eigenvalue weighted by Gasteiger charge is 2.21. The van der Waals surface area contributed by atoms with E-state index in [4.69, 9.17) is 4.74 Å². The van der Waals surface area contributed by atoms with Crippen LogP contribution in [0.2, 0.25) is 0 Å². The lowest BCUT2D eigenvalue weighted by Gasteiger charge is -2.32. The second-order valence-corrected chi connectivity index (χ2v) is 9.20. The Hall–Kier alpha value is -2.30. The number of fused-ring (bicyclic) bond motifs is 2. The van der Waals surface area contributed by atoms with Gasteiger partial charge in [0.25, 0.3) is 0 Å². The van der Waals surface area contributed by atoms with E-state index in [-0.39, 0.29) is 0 Å². The number of nitrogens with zero attached hydrogens (tertiary/aromatic N) is 3. The predicted molar refractivity (Wildman–Crippen MR) is 123 cm³/mol. The smallest absolute Gasteiger partial charge is 0.119 e. The van der Waals surface area contributed by atoms with Crippen molar-refractivity contribution in [2.45, 2.75) is 32.4 Å². The average Bonchev–Trinajstić information content (AvgIpc) is 3.08. The van der Waals surface area contributed by atoms with Crippen molar-refractivity contribution >= 4 is 10.9 Å². The molecule has 2 aromatic carbocycles. The van der Waals surface area contributed by atoms with Gasteiger partial charge in [-0.3, -0.25) is 4.90 Å². The number of hydrogen-bond donors (Lipinski definition) is 0. The summed E-state index contributed by atoms with van der Waals surface area (Å²) in [6.45, 7) is 6.40. The van der Waals surface area contributed by atoms with Crippen LogP contribution in [0.3, 0.4) is 0 Å². The third-order valence-electron chi connectivity index (χ3n) is 7.01. The van der Waals surface area contributed by atoms with Crippen molar-refractivity contribution in [3.8, 4) is 5.75 Å². The summed E-state index contributed by atoms with van der Waals surface area (Å²) in [5, 5.41) is 1.34. The lowest BCUT2D eigenvalue weighted by molar-refractivity contribution is 0.135. The maximum atomic E-state index is 6.22. The van der Waals surface area contributed by atoms with Crippen LogP contribution in [0.15, 0.2) is 48.5 Å². The maximum absolute atomic E-state index is 6.22. The van der Waals surface area contributed by atoms with Gasteiger partial charge >= 0.3 is 0 Å². The number of ether oxygens (including phenoxy) is 1. The van der Waals surface area contributed by atoms with Crippen LogP contribution in [0.4, 0.5) is 0 Å². The second-order valence-electron chi connectivity index (χ2n) is 9.20. The molecule has 0 amide bonds. The Bertz CT molecular complexity index is 1020. The summed E-state index contributed by atoms with van der Waals surface area (Å²) < 4.78 is 8.56. The molecule has 30 heavy (non-hydrogen) atoms. The number of aromatic nitrogens is 1. The molecule has 4 nitrogen and oxygen atoms in total. The minimum Gasteiger partial charge on any atom is -0.493 e. The van der Waals surface area contributed by atoms with Gasteiger partial charge in [0.05, 0.1) is 6.61 Å². The molecule has 0 spiro atoms. The van der Waals surface area contributed by atoms with Crippen molar-refractivity contribution in [2.24, 2.45) is 13.0 Å². The first-order valence-electron chi connectivity index (χ1n) is 11.3. The summed E-state index contributed by atoms with van der Waals surface area (Å²) in [4.78, 5) is 4.98. The Balaban J connectivity index is 1.13. The largest absolute Gasteiger partial charge is 0.493 e. The highest BCUT2D eigenvalue weighted by atomic mass is 16.5. The number of aryl methyl sites for hydroxylation is 1. The molecule has 1 saturated heterocycles. The molecule has 0 saturated carbocycles. The van der Waals surface area contributed by atoms with Crippen LogP contribution in [-0.4, -0.2) is 47.7 Å². The molecule has 0 N–H and O–H groups in total. The van der Waals surface area contributed by atoms with Crippen LogP contribution in [-0.2, 0) is 26.6 Å². The Morgan fingerprint density at radius 3 is 2.60 bits per heavy atom. The lowest BCUT2D eigenvalue weighted by atomic mass is 9.97. The molecule has 1 aromatic heterocycles. The van der Waals surface area contributed by atoms with Gasteiger partial charge in [-0.2, -0.15) is 0 Å². The van der Waals surface area contributed by atoms with Gasteiger partial charge in [-0.15, -0.1) is 0 Å². The van der Waals surface area contributed by atoms with E-state index in [9.17, 15) is 0 Å². The molecule has 1 fully saturated rings. The molecule has 5 rings (SSSR count). The first-order chi connectivity index (χ1) is 14.7. The number of piperidine rings is 1. The van der Waals surface area contributed by atoms with Crippen LogP contribution in [0, 0.1) is 5.92 Å². The van der Waals surface area contributed by atoms with E-state index in [0.717, 1.165) is 51.5 Å². The van der Waals surface area contributed by atoms with Gasteiger partial charge in [-0.1, -0.05) is 24.3 Å². The van der Waals surface area contributed by atoms with Crippen molar-refractivity contribution in [1.82, 2.24) is 14.4 Å². The van der Waals surface area contributed by atoms with Gasteiger partial charge < -0.3 is 14.2 Å². The molecule has 0 aliphatic carbocycles. The normalized spacial score (nSPS) is 18.6. The minimum atomic E-state index is 0.660. The Labute approximate surface area is 180 Å². The van der Waals surface area contributed by atoms with E-state index in [0.29, 0.717) is 5.92 Å². The maximum Gasteiger partial charge on any atom is 0.119 e. The molecule has 2 aliphatic rings. The fourth-order valence-electron chi connectivity index (χ4n) is 5.02. The zero-order valence-electron chi connectivity index (χ0n) is 18.3. The standard InChI is InChI=1S/C26H33N3O/c1-27-12-11-21-7-8-25(16-23(21)17-27)30-19-20-9-13-29(14-10-20)18-24-15-22-5-3-4-6-26(22)28(24)2/h3-8,15-16,20H,9-14,17-19H2,1-2H3. The second kappa shape index (κ2) is 8.44. The molecule has 3 aromatic rings. The first-order valence-corrected chi connectivity index (χ1v) is 11.3. The van der Waals surface area contributed by atoms with Crippen molar-refractivity contribution in [2.75, 3.05) is 33.3 Å². The first kappa shape index (κ1) is 19.7. The number of benzene rings is 2. The molecule has 0 bridgehead atoms. The Kier molecular flexibility index (Phi) is 5.53. The number of para-hydroxylation sites is 1. The number of likely N-dealkylation sites (tertiary alicyclic amines) is 1. The van der Waals surface area contributed by atoms with Crippen molar-refractivity contribution < 1.29 is 4.74 Å². The Morgan fingerprint density at radius 1 is 0.933 bits per heavy atom. The SMILES string of the molecule is CN1CCc2ccc(OCC3CCN(Cc4cc5ccccc5n4C)CC3)cc2C1. The monoisotopic (exact) mass is 403 g/mol. The third kappa shape index (κ3) is 4.12. The van der Waals surface area contributed by atoms with Crippen molar-refractivity contribution in [1.29, 1.82) is 0 Å². The molecule has 0 radical (unpaired) electrons. The highest BCUT2D eigenvalue weighted by molar-refractivity contribution is 5.81. The molecule has 0 unspecified atom stereocenters. The minimum absolute atomic E-state index is 0.660. The van der Waals surface area contributed by atoms with Crippen molar-refractivity contribution in [3.63, 3.8) is 0 Å². The predicted octanol–water partition coefficient (Wildman–Crippen LogP) is 4.46. The number of rotatable bonds is 5. The Morgan fingerprint density at radius 2 is 1.77 bits per heavy atom. The van der Waals surface area contributed by atoms with E-state index in [1.54, 1.807) is 0 Å². The molecule has 158 valence electrons. The van der Waals surface area contributed by atoms with Gasteiger partial charge in [0.15, 0.2) is 0 Å². The zero-order valence-corrected chi connectivity index (χ0v) is 18.3. The lowest BCUT2D eigenvalue weighted by Crippen LogP contribution is -2.35. The quantitative estimate of drug-likeness (QED) is 0.628. The molecule has 0 atom stereocenters. The molecule has 3 heterocycles. The van der Waals surface area contributed by atoms with Crippen LogP contribution in [0.5, 0.6) is 5.75 Å². The zero-order chi connectivity index (χ0) is 20.5. The van der Waals surface area contributed by atoms with Crippen LogP contribution >= 0.6 is 0 Å². The summed E-state index contributed by atoms with van der Waals surface area (Å²) >= 11 is 0. The number of likely N-dealkylation sites (N-methyl/N-ethyl adjacent to an activating group) is 1. The van der Waals surface area contributed by atoms with E-state index in [2.05, 4.69) is 77.0 Å². The van der Waals surface area contributed by atoms with E-state index >= 15 is 0 Å². The third-order valence-corrected chi connectivity index (χ3v) is 7.01. The van der Waals surface area contributed by atoms with Crippen LogP contribution in [0.25, 0.3) is 10.9 Å². The van der Waals surface area contributed by atoms with Crippen LogP contribution < -0.4 is 4.74 Å². The molecule has 2 aliphatic heterocycles. The summed E-state index contributed by atoms with van der Waals surface area (Å²) in [5.74, 6) is 1.70. The van der Waals surface area contributed by atoms with Gasteiger partial charge in [-0.25, -0.2) is 0 Å². The summed E-state index contributed by atoms with van der Waals surface area (Å²) in [6.07, 6.45) is 3.59. The van der Waals surface area contributed by atoms with Gasteiger partial charge in [0.1, 0.15) is 5.75 Å². The van der Waals surface area contributed by atoms with E-state index in [1.807, 2.05) is 0 Å². The molecule has 4 heteroatoms. The average molecular weight is 404 g/mol. The summed E-state index contributed by atoms with van der Waals surface area (Å²) in [5.41, 5.74) is 5.66. The fraction of sp³-hybridized carbons (Fsp3) is 0.462. The van der Waals surface area contributed by atoms with Gasteiger partial charge in [-0.05, 0) is 86.1 Å². The van der Waals surface area contributed by atoms with Gasteiger partial charge in [0.2, 0.25) is 0 Å². The molecular formula is C26H33N3O. The van der Waals surface area contributed by atoms with Crippen molar-refractivity contribution in [3.05, 3.63) is 65.4 Å². The summed E-state index contributed by atoms with van der Waals surface area (Å²) in [7, 11) is 4.39. The topological polar surface area (TPSA) is 20.6 Å². The van der Waals surface area contributed by atoms with Gasteiger partial charge in [0, 0.05) is 37.9 Å². The summed E-state index contributed by atoms with van der Waals surface area (Å²) in [6, 6.07) is 17.7. The van der Waals surface area contributed by atoms with E-state index in [1.165, 1.54) is 40.6 Å². The highest BCUT2D eigenvalue weighted by Crippen LogP contribution is 2.26. The molecular weight excluding hydrogens is 370 g/mol. The van der Waals surface area contributed by atoms with E-state index < -0.39 is 0 Å². The fourth-order valence-corrected chi connectivity index (χ4v) is 5.02. The number of hydrogen-bond acceptors (Lipinski definition) is 3.